The van der Waals surface area contributed by atoms with Crippen LogP contribution in [0.4, 0.5) is 5.82 Å². The average Bonchev–Trinajstić information content (AvgIpc) is 3.23. The third-order valence-electron chi connectivity index (χ3n) is 5.83. The summed E-state index contributed by atoms with van der Waals surface area (Å²) in [5.74, 6) is 1.94. The van der Waals surface area contributed by atoms with Gasteiger partial charge in [-0.2, -0.15) is 14.9 Å². The van der Waals surface area contributed by atoms with Gasteiger partial charge in [-0.15, -0.1) is 5.10 Å². The van der Waals surface area contributed by atoms with Gasteiger partial charge in [-0.05, 0) is 36.8 Å². The topological polar surface area (TPSA) is 104 Å². The summed E-state index contributed by atoms with van der Waals surface area (Å²) in [6.07, 6.45) is 3.57. The lowest BCUT2D eigenvalue weighted by molar-refractivity contribution is -0.116. The van der Waals surface area contributed by atoms with Crippen molar-refractivity contribution in [2.24, 2.45) is 0 Å². The molecule has 3 heterocycles. The van der Waals surface area contributed by atoms with Gasteiger partial charge in [0, 0.05) is 23.5 Å². The summed E-state index contributed by atoms with van der Waals surface area (Å²) in [6, 6.07) is 15.3. The van der Waals surface area contributed by atoms with Crippen LogP contribution < -0.4 is 14.8 Å². The Morgan fingerprint density at radius 1 is 1.20 bits per heavy atom. The van der Waals surface area contributed by atoms with Crippen molar-refractivity contribution in [1.82, 2.24) is 25.0 Å². The molecule has 0 fully saturated rings. The quantitative estimate of drug-likeness (QED) is 0.408. The maximum absolute atomic E-state index is 12.8. The van der Waals surface area contributed by atoms with Crippen molar-refractivity contribution in [3.8, 4) is 28.7 Å². The van der Waals surface area contributed by atoms with Crippen LogP contribution in [0.15, 0.2) is 67.4 Å². The predicted octanol–water partition coefficient (Wildman–Crippen LogP) is 4.08. The summed E-state index contributed by atoms with van der Waals surface area (Å²) in [5.41, 5.74) is 4.10. The zero-order chi connectivity index (χ0) is 24.4. The Morgan fingerprint density at radius 2 is 2.03 bits per heavy atom. The van der Waals surface area contributed by atoms with Gasteiger partial charge in [-0.1, -0.05) is 36.9 Å². The lowest BCUT2D eigenvalue weighted by atomic mass is 9.86. The summed E-state index contributed by atoms with van der Waals surface area (Å²) < 4.78 is 12.6. The highest BCUT2D eigenvalue weighted by molar-refractivity contribution is 5.95. The smallest absolute Gasteiger partial charge is 0.272 e. The van der Waals surface area contributed by atoms with E-state index >= 15 is 0 Å². The minimum absolute atomic E-state index is 0.113. The molecule has 1 atom stereocenters. The van der Waals surface area contributed by atoms with Gasteiger partial charge in [0.25, 0.3) is 5.95 Å². The highest BCUT2D eigenvalue weighted by Crippen LogP contribution is 2.40. The molecule has 0 radical (unpaired) electrons. The maximum Gasteiger partial charge on any atom is 0.272 e. The molecule has 2 aromatic heterocycles. The van der Waals surface area contributed by atoms with E-state index in [2.05, 4.69) is 32.2 Å². The van der Waals surface area contributed by atoms with Crippen molar-refractivity contribution in [2.75, 3.05) is 19.0 Å². The maximum atomic E-state index is 12.8. The number of carbonyl (C=O) groups is 1. The second-order valence-corrected chi connectivity index (χ2v) is 8.11. The van der Waals surface area contributed by atoms with E-state index in [9.17, 15) is 4.79 Å². The van der Waals surface area contributed by atoms with Crippen LogP contribution in [-0.2, 0) is 4.79 Å². The number of carbonyl (C=O) groups excluding carboxylic acids is 1. The Hall–Kier alpha value is -4.53. The van der Waals surface area contributed by atoms with Crippen LogP contribution in [0.2, 0.25) is 0 Å². The number of amides is 1. The van der Waals surface area contributed by atoms with E-state index in [1.807, 2.05) is 55.5 Å². The molecule has 4 aromatic rings. The van der Waals surface area contributed by atoms with Gasteiger partial charge in [0.05, 0.1) is 24.7 Å². The second-order valence-electron chi connectivity index (χ2n) is 8.11. The fraction of sp³-hybridized carbons (Fsp3) is 0.192. The van der Waals surface area contributed by atoms with Crippen LogP contribution in [0, 0.1) is 6.92 Å². The summed E-state index contributed by atoms with van der Waals surface area (Å²) >= 11 is 0. The molecule has 0 saturated heterocycles. The number of rotatable bonds is 7. The largest absolute Gasteiger partial charge is 0.497 e. The van der Waals surface area contributed by atoms with Crippen molar-refractivity contribution >= 4 is 11.7 Å². The van der Waals surface area contributed by atoms with Crippen molar-refractivity contribution in [3.63, 3.8) is 0 Å². The number of fused-ring (bicyclic) bond motifs is 1. The molecule has 1 aliphatic heterocycles. The number of aromatic nitrogens is 5. The Balaban J connectivity index is 1.56. The number of hydrogen-bond acceptors (Lipinski definition) is 7. The molecule has 176 valence electrons. The monoisotopic (exact) mass is 468 g/mol. The molecule has 5 rings (SSSR count). The number of methoxy groups -OCH3 is 1. The van der Waals surface area contributed by atoms with E-state index in [0.29, 0.717) is 30.3 Å². The molecule has 9 heteroatoms. The Kier molecular flexibility index (Phi) is 5.97. The molecule has 2 aromatic carbocycles. The molecule has 1 aliphatic rings. The normalized spacial score (nSPS) is 14.7. The third kappa shape index (κ3) is 4.35. The lowest BCUT2D eigenvalue weighted by Gasteiger charge is -2.24. The molecule has 1 N–H and O–H groups in total. The molecule has 1 amide bonds. The number of nitrogens with zero attached hydrogens (tertiary/aromatic N) is 5. The van der Waals surface area contributed by atoms with Crippen molar-refractivity contribution < 1.29 is 14.3 Å². The van der Waals surface area contributed by atoms with E-state index in [4.69, 9.17) is 9.47 Å². The van der Waals surface area contributed by atoms with Crippen LogP contribution in [0.3, 0.4) is 0 Å². The number of benzene rings is 2. The predicted molar refractivity (Wildman–Crippen MR) is 131 cm³/mol. The first-order valence-electron chi connectivity index (χ1n) is 11.1. The lowest BCUT2D eigenvalue weighted by Crippen LogP contribution is -2.25. The van der Waals surface area contributed by atoms with E-state index in [1.54, 1.807) is 24.1 Å². The van der Waals surface area contributed by atoms with Crippen LogP contribution in [0.5, 0.6) is 11.5 Å². The second kappa shape index (κ2) is 9.38. The van der Waals surface area contributed by atoms with Crippen molar-refractivity contribution in [1.29, 1.82) is 0 Å². The van der Waals surface area contributed by atoms with Crippen LogP contribution in [0.25, 0.3) is 17.2 Å². The molecule has 0 aliphatic carbocycles. The highest BCUT2D eigenvalue weighted by Gasteiger charge is 2.33. The van der Waals surface area contributed by atoms with E-state index in [-0.39, 0.29) is 17.8 Å². The summed E-state index contributed by atoms with van der Waals surface area (Å²) in [5, 5.41) is 16.0. The summed E-state index contributed by atoms with van der Waals surface area (Å²) in [4.78, 5) is 17.4. The summed E-state index contributed by atoms with van der Waals surface area (Å²) in [7, 11) is 1.61. The Bertz CT molecular complexity index is 1410. The van der Waals surface area contributed by atoms with Gasteiger partial charge in [0.15, 0.2) is 0 Å². The molecule has 0 unspecified atom stereocenters. The van der Waals surface area contributed by atoms with Crippen molar-refractivity contribution in [3.05, 3.63) is 84.2 Å². The van der Waals surface area contributed by atoms with Crippen LogP contribution in [0.1, 0.15) is 29.2 Å². The first-order chi connectivity index (χ1) is 17.1. The molecule has 0 bridgehead atoms. The molecular formula is C26H24N6O3. The van der Waals surface area contributed by atoms with Gasteiger partial charge < -0.3 is 14.8 Å². The zero-order valence-corrected chi connectivity index (χ0v) is 19.4. The van der Waals surface area contributed by atoms with Gasteiger partial charge in [-0.3, -0.25) is 4.79 Å². The minimum atomic E-state index is -0.186. The zero-order valence-electron chi connectivity index (χ0n) is 19.4. The summed E-state index contributed by atoms with van der Waals surface area (Å²) in [6.45, 7) is 6.01. The average molecular weight is 469 g/mol. The molecule has 35 heavy (non-hydrogen) atoms. The van der Waals surface area contributed by atoms with E-state index < -0.39 is 0 Å². The first kappa shape index (κ1) is 22.3. The molecule has 0 saturated carbocycles. The first-order valence-corrected chi connectivity index (χ1v) is 11.1. The number of ether oxygens (including phenoxy) is 2. The fourth-order valence-corrected chi connectivity index (χ4v) is 4.26. The van der Waals surface area contributed by atoms with Gasteiger partial charge >= 0.3 is 0 Å². The Labute approximate surface area is 202 Å². The van der Waals surface area contributed by atoms with E-state index in [1.165, 1.54) is 0 Å². The fourth-order valence-electron chi connectivity index (χ4n) is 4.26. The minimum Gasteiger partial charge on any atom is -0.497 e. The standard InChI is InChI=1S/C26H24N6O3/c1-4-11-35-20-10-5-7-17(12-20)21-14-23(33)29-25-24(21)16(2)31-32(25)26-28-22(15-27-30-26)18-8-6-9-19(13-18)34-3/h4-10,12-13,15,21H,1,11,14H2,2-3H3,(H,29,33)/t21-/m1/s1. The molecule has 0 spiro atoms. The third-order valence-corrected chi connectivity index (χ3v) is 5.83. The van der Waals surface area contributed by atoms with Crippen LogP contribution in [-0.4, -0.2) is 44.6 Å². The van der Waals surface area contributed by atoms with Gasteiger partial charge in [0.1, 0.15) is 23.9 Å². The number of aryl methyl sites for hydroxylation is 1. The highest BCUT2D eigenvalue weighted by atomic mass is 16.5. The Morgan fingerprint density at radius 3 is 2.86 bits per heavy atom. The molecular weight excluding hydrogens is 444 g/mol. The van der Waals surface area contributed by atoms with E-state index in [0.717, 1.165) is 28.1 Å². The van der Waals surface area contributed by atoms with Gasteiger partial charge in [0.2, 0.25) is 5.91 Å². The van der Waals surface area contributed by atoms with Gasteiger partial charge in [-0.25, -0.2) is 4.98 Å². The van der Waals surface area contributed by atoms with Crippen molar-refractivity contribution in [2.45, 2.75) is 19.3 Å². The number of anilines is 1. The molecule has 9 nitrogen and oxygen atoms in total. The SMILES string of the molecule is C=CCOc1cccc([C@H]2CC(=O)Nc3c2c(C)nn3-c2nncc(-c3cccc(OC)c3)n2)c1. The number of hydrogen-bond donors (Lipinski definition) is 1. The van der Waals surface area contributed by atoms with Crippen LogP contribution >= 0.6 is 0 Å². The number of nitrogens with one attached hydrogen (secondary N) is 1.